The third-order valence-electron chi connectivity index (χ3n) is 2.42. The molecule has 0 saturated carbocycles. The molecule has 3 nitrogen and oxygen atoms in total. The van der Waals surface area contributed by atoms with Gasteiger partial charge in [0.05, 0.1) is 19.0 Å². The van der Waals surface area contributed by atoms with Crippen LogP contribution in [0.2, 0.25) is 0 Å². The number of halogens is 2. The van der Waals surface area contributed by atoms with E-state index in [4.69, 9.17) is 4.74 Å². The SMILES string of the molecule is COc1cccc(/C=N/Nc2ccc(F)cc2F)c1. The van der Waals surface area contributed by atoms with Gasteiger partial charge in [-0.25, -0.2) is 8.78 Å². The number of hydrogen-bond acceptors (Lipinski definition) is 3. The lowest BCUT2D eigenvalue weighted by Crippen LogP contribution is -1.94. The molecule has 0 aliphatic carbocycles. The number of nitrogens with zero attached hydrogens (tertiary/aromatic N) is 1. The Kier molecular flexibility index (Phi) is 4.07. The van der Waals surface area contributed by atoms with E-state index >= 15 is 0 Å². The zero-order valence-electron chi connectivity index (χ0n) is 10.2. The normalized spacial score (nSPS) is 10.7. The topological polar surface area (TPSA) is 33.6 Å². The van der Waals surface area contributed by atoms with Crippen LogP contribution in [0.3, 0.4) is 0 Å². The smallest absolute Gasteiger partial charge is 0.151 e. The Morgan fingerprint density at radius 2 is 2.00 bits per heavy atom. The van der Waals surface area contributed by atoms with Gasteiger partial charge >= 0.3 is 0 Å². The van der Waals surface area contributed by atoms with Crippen LogP contribution in [0.15, 0.2) is 47.6 Å². The van der Waals surface area contributed by atoms with Gasteiger partial charge in [-0.05, 0) is 29.8 Å². The van der Waals surface area contributed by atoms with E-state index in [0.717, 1.165) is 17.7 Å². The first kappa shape index (κ1) is 13.0. The first-order valence-electron chi connectivity index (χ1n) is 5.57. The molecule has 0 atom stereocenters. The first-order chi connectivity index (χ1) is 9.19. The summed E-state index contributed by atoms with van der Waals surface area (Å²) in [4.78, 5) is 0. The van der Waals surface area contributed by atoms with Crippen molar-refractivity contribution in [3.8, 4) is 5.75 Å². The van der Waals surface area contributed by atoms with Crippen molar-refractivity contribution in [3.63, 3.8) is 0 Å². The van der Waals surface area contributed by atoms with Crippen LogP contribution in [0, 0.1) is 11.6 Å². The quantitative estimate of drug-likeness (QED) is 0.676. The van der Waals surface area contributed by atoms with Gasteiger partial charge in [0.25, 0.3) is 0 Å². The summed E-state index contributed by atoms with van der Waals surface area (Å²) in [6, 6.07) is 10.5. The van der Waals surface area contributed by atoms with Crippen molar-refractivity contribution in [1.82, 2.24) is 0 Å². The molecule has 0 fully saturated rings. The zero-order valence-corrected chi connectivity index (χ0v) is 10.2. The Morgan fingerprint density at radius 3 is 2.74 bits per heavy atom. The van der Waals surface area contributed by atoms with Crippen molar-refractivity contribution in [2.45, 2.75) is 0 Å². The van der Waals surface area contributed by atoms with E-state index in [-0.39, 0.29) is 5.69 Å². The number of hydrogen-bond donors (Lipinski definition) is 1. The Hall–Kier alpha value is -2.43. The highest BCUT2D eigenvalue weighted by atomic mass is 19.1. The minimum absolute atomic E-state index is 0.112. The van der Waals surface area contributed by atoms with Gasteiger partial charge in [0.1, 0.15) is 11.6 Å². The molecule has 19 heavy (non-hydrogen) atoms. The van der Waals surface area contributed by atoms with E-state index in [1.807, 2.05) is 18.2 Å². The number of hydrazone groups is 1. The average Bonchev–Trinajstić information content (AvgIpc) is 2.41. The molecular weight excluding hydrogens is 250 g/mol. The van der Waals surface area contributed by atoms with Crippen LogP contribution in [0.25, 0.3) is 0 Å². The van der Waals surface area contributed by atoms with Crippen molar-refractivity contribution < 1.29 is 13.5 Å². The average molecular weight is 262 g/mol. The molecule has 2 aromatic carbocycles. The Labute approximate surface area is 109 Å². The monoisotopic (exact) mass is 262 g/mol. The number of benzene rings is 2. The fourth-order valence-corrected chi connectivity index (χ4v) is 1.48. The molecule has 5 heteroatoms. The second-order valence-electron chi connectivity index (χ2n) is 3.77. The third kappa shape index (κ3) is 3.51. The molecule has 0 aliphatic rings. The van der Waals surface area contributed by atoms with Gasteiger partial charge in [0, 0.05) is 6.07 Å². The van der Waals surface area contributed by atoms with E-state index in [0.29, 0.717) is 5.75 Å². The van der Waals surface area contributed by atoms with Gasteiger partial charge < -0.3 is 4.74 Å². The van der Waals surface area contributed by atoms with Crippen molar-refractivity contribution in [2.75, 3.05) is 12.5 Å². The van der Waals surface area contributed by atoms with E-state index in [1.54, 1.807) is 13.2 Å². The maximum absolute atomic E-state index is 13.3. The van der Waals surface area contributed by atoms with Crippen LogP contribution in [0.5, 0.6) is 5.75 Å². The fourth-order valence-electron chi connectivity index (χ4n) is 1.48. The molecule has 0 saturated heterocycles. The molecule has 2 rings (SSSR count). The van der Waals surface area contributed by atoms with Crippen molar-refractivity contribution in [2.24, 2.45) is 5.10 Å². The van der Waals surface area contributed by atoms with Crippen molar-refractivity contribution in [1.29, 1.82) is 0 Å². The molecule has 98 valence electrons. The largest absolute Gasteiger partial charge is 0.497 e. The minimum Gasteiger partial charge on any atom is -0.497 e. The van der Waals surface area contributed by atoms with Gasteiger partial charge in [-0.3, -0.25) is 5.43 Å². The number of rotatable bonds is 4. The summed E-state index contributed by atoms with van der Waals surface area (Å²) in [5, 5.41) is 3.88. The molecule has 0 bridgehead atoms. The second kappa shape index (κ2) is 5.95. The van der Waals surface area contributed by atoms with Gasteiger partial charge in [-0.1, -0.05) is 12.1 Å². The fraction of sp³-hybridized carbons (Fsp3) is 0.0714. The summed E-state index contributed by atoms with van der Waals surface area (Å²) < 4.78 is 31.1. The molecule has 0 aromatic heterocycles. The van der Waals surface area contributed by atoms with Gasteiger partial charge in [0.2, 0.25) is 0 Å². The molecule has 2 aromatic rings. The summed E-state index contributed by atoms with van der Waals surface area (Å²) in [7, 11) is 1.57. The standard InChI is InChI=1S/C14H12F2N2O/c1-19-12-4-2-3-10(7-12)9-17-18-14-6-5-11(15)8-13(14)16/h2-9,18H,1H3/b17-9+. The second-order valence-corrected chi connectivity index (χ2v) is 3.77. The summed E-state index contributed by atoms with van der Waals surface area (Å²) in [6.07, 6.45) is 1.52. The Bertz CT molecular complexity index is 600. The van der Waals surface area contributed by atoms with Gasteiger partial charge in [0.15, 0.2) is 5.82 Å². The van der Waals surface area contributed by atoms with Crippen LogP contribution in [-0.4, -0.2) is 13.3 Å². The molecule has 0 unspecified atom stereocenters. The summed E-state index contributed by atoms with van der Waals surface area (Å²) >= 11 is 0. The van der Waals surface area contributed by atoms with Crippen LogP contribution in [0.4, 0.5) is 14.5 Å². The highest BCUT2D eigenvalue weighted by molar-refractivity contribution is 5.80. The minimum atomic E-state index is -0.692. The lowest BCUT2D eigenvalue weighted by atomic mass is 10.2. The highest BCUT2D eigenvalue weighted by Crippen LogP contribution is 2.15. The highest BCUT2D eigenvalue weighted by Gasteiger charge is 2.01. The number of nitrogens with one attached hydrogen (secondary N) is 1. The summed E-state index contributed by atoms with van der Waals surface area (Å²) in [5.41, 5.74) is 3.43. The van der Waals surface area contributed by atoms with E-state index in [2.05, 4.69) is 10.5 Å². The van der Waals surface area contributed by atoms with Gasteiger partial charge in [-0.15, -0.1) is 0 Å². The molecule has 0 radical (unpaired) electrons. The van der Waals surface area contributed by atoms with Crippen molar-refractivity contribution >= 4 is 11.9 Å². The lowest BCUT2D eigenvalue weighted by Gasteiger charge is -2.02. The van der Waals surface area contributed by atoms with Crippen LogP contribution in [-0.2, 0) is 0 Å². The molecule has 0 amide bonds. The molecule has 0 spiro atoms. The first-order valence-corrected chi connectivity index (χ1v) is 5.57. The Morgan fingerprint density at radius 1 is 1.16 bits per heavy atom. The van der Waals surface area contributed by atoms with Crippen LogP contribution < -0.4 is 10.2 Å². The predicted octanol–water partition coefficient (Wildman–Crippen LogP) is 3.42. The van der Waals surface area contributed by atoms with Crippen LogP contribution >= 0.6 is 0 Å². The van der Waals surface area contributed by atoms with E-state index in [1.165, 1.54) is 12.3 Å². The number of anilines is 1. The summed E-state index contributed by atoms with van der Waals surface area (Å²) in [5.74, 6) is -0.612. The molecular formula is C14H12F2N2O. The van der Waals surface area contributed by atoms with Crippen molar-refractivity contribution in [3.05, 3.63) is 59.7 Å². The Balaban J connectivity index is 2.06. The maximum Gasteiger partial charge on any atom is 0.151 e. The number of ether oxygens (including phenoxy) is 1. The molecule has 0 aliphatic heterocycles. The molecule has 0 heterocycles. The molecule has 1 N–H and O–H groups in total. The zero-order chi connectivity index (χ0) is 13.7. The number of methoxy groups -OCH3 is 1. The lowest BCUT2D eigenvalue weighted by molar-refractivity contribution is 0.415. The third-order valence-corrected chi connectivity index (χ3v) is 2.42. The van der Waals surface area contributed by atoms with Crippen LogP contribution in [0.1, 0.15) is 5.56 Å². The van der Waals surface area contributed by atoms with Gasteiger partial charge in [-0.2, -0.15) is 5.10 Å². The predicted molar refractivity (Wildman–Crippen MR) is 70.6 cm³/mol. The van der Waals surface area contributed by atoms with E-state index in [9.17, 15) is 8.78 Å². The summed E-state index contributed by atoms with van der Waals surface area (Å²) in [6.45, 7) is 0. The maximum atomic E-state index is 13.3. The van der Waals surface area contributed by atoms with E-state index < -0.39 is 11.6 Å².